The van der Waals surface area contributed by atoms with Crippen LogP contribution in [0.5, 0.6) is 23.2 Å². The summed E-state index contributed by atoms with van der Waals surface area (Å²) in [7, 11) is 6.37. The van der Waals surface area contributed by atoms with Gasteiger partial charge in [0, 0.05) is 31.4 Å². The predicted octanol–water partition coefficient (Wildman–Crippen LogP) is 3.74. The van der Waals surface area contributed by atoms with Gasteiger partial charge < -0.3 is 39.1 Å². The minimum absolute atomic E-state index is 0.0533. The fraction of sp³-hybridized carbons (Fsp3) is 0.292. The van der Waals surface area contributed by atoms with Gasteiger partial charge in [-0.15, -0.1) is 0 Å². The minimum Gasteiger partial charge on any atom is -0.497 e. The largest absolute Gasteiger partial charge is 0.497 e. The first-order valence-corrected chi connectivity index (χ1v) is 10.2. The van der Waals surface area contributed by atoms with Crippen molar-refractivity contribution in [2.24, 2.45) is 0 Å². The Hall–Kier alpha value is -3.53. The van der Waals surface area contributed by atoms with Crippen LogP contribution in [0.4, 0.5) is 5.69 Å². The van der Waals surface area contributed by atoms with Gasteiger partial charge in [0.05, 0.1) is 32.6 Å². The number of likely N-dealkylation sites (N-methyl/N-ethyl adjacent to an activating group) is 1. The third-order valence-corrected chi connectivity index (χ3v) is 4.82. The highest BCUT2D eigenvalue weighted by atomic mass is 16.6. The van der Waals surface area contributed by atoms with E-state index >= 15 is 0 Å². The Bertz CT molecular complexity index is 1080. The van der Waals surface area contributed by atoms with E-state index in [9.17, 15) is 9.90 Å². The molecule has 0 saturated heterocycles. The maximum Gasteiger partial charge on any atom is 0.291 e. The maximum absolute atomic E-state index is 12.8. The fourth-order valence-electron chi connectivity index (χ4n) is 3.22. The fourth-order valence-corrected chi connectivity index (χ4v) is 3.22. The van der Waals surface area contributed by atoms with Gasteiger partial charge in [-0.05, 0) is 36.9 Å². The van der Waals surface area contributed by atoms with Gasteiger partial charge >= 0.3 is 0 Å². The molecular formula is C24H28N2O7. The average Bonchev–Trinajstić information content (AvgIpc) is 3.29. The molecule has 0 aliphatic carbocycles. The highest BCUT2D eigenvalue weighted by Crippen LogP contribution is 2.35. The van der Waals surface area contributed by atoms with E-state index < -0.39 is 12.0 Å². The number of hydrogen-bond acceptors (Lipinski definition) is 8. The van der Waals surface area contributed by atoms with Gasteiger partial charge in [0.25, 0.3) is 11.9 Å². The number of furan rings is 1. The second-order valence-corrected chi connectivity index (χ2v) is 7.12. The third-order valence-electron chi connectivity index (χ3n) is 4.82. The number of amides is 1. The Kier molecular flexibility index (Phi) is 8.31. The molecule has 9 nitrogen and oxygen atoms in total. The molecule has 0 bridgehead atoms. The molecule has 0 saturated carbocycles. The van der Waals surface area contributed by atoms with E-state index in [-0.39, 0.29) is 18.3 Å². The van der Waals surface area contributed by atoms with Gasteiger partial charge in [0.1, 0.15) is 17.2 Å². The molecule has 2 aromatic carbocycles. The van der Waals surface area contributed by atoms with E-state index in [0.717, 1.165) is 0 Å². The summed E-state index contributed by atoms with van der Waals surface area (Å²) in [6.45, 7) is 0.653. The Balaban J connectivity index is 1.76. The van der Waals surface area contributed by atoms with E-state index in [1.54, 1.807) is 63.7 Å². The Labute approximate surface area is 192 Å². The van der Waals surface area contributed by atoms with Gasteiger partial charge in [0.15, 0.2) is 5.76 Å². The topological polar surface area (TPSA) is 111 Å². The Morgan fingerprint density at radius 3 is 2.58 bits per heavy atom. The number of ether oxygens (including phenoxy) is 4. The van der Waals surface area contributed by atoms with Crippen molar-refractivity contribution in [2.45, 2.75) is 12.7 Å². The van der Waals surface area contributed by atoms with Crippen molar-refractivity contribution in [3.8, 4) is 23.2 Å². The number of carbonyl (C=O) groups is 1. The molecule has 9 heteroatoms. The molecule has 0 spiro atoms. The zero-order valence-corrected chi connectivity index (χ0v) is 19.0. The van der Waals surface area contributed by atoms with Crippen molar-refractivity contribution in [1.29, 1.82) is 0 Å². The predicted molar refractivity (Wildman–Crippen MR) is 122 cm³/mol. The smallest absolute Gasteiger partial charge is 0.291 e. The normalized spacial score (nSPS) is 11.7. The second-order valence-electron chi connectivity index (χ2n) is 7.12. The highest BCUT2D eigenvalue weighted by molar-refractivity contribution is 6.03. The van der Waals surface area contributed by atoms with E-state index in [1.807, 2.05) is 0 Å². The number of carbonyl (C=O) groups excluding carboxylic acids is 1. The standard InChI is InChI=1S/C24H28N2O7/c1-25-13-19(27)15-6-5-7-17(10-15)32-22-9-8-20(33-22)24(28)26-23-16(14-29-2)11-18(30-3)12-21(23)31-4/h5-12,19,25,27H,13-14H2,1-4H3,(H,26,28)/t19-/m1/s1. The van der Waals surface area contributed by atoms with Crippen molar-refractivity contribution in [1.82, 2.24) is 5.32 Å². The van der Waals surface area contributed by atoms with Gasteiger partial charge in [-0.25, -0.2) is 0 Å². The summed E-state index contributed by atoms with van der Waals surface area (Å²) in [4.78, 5) is 12.8. The molecule has 0 radical (unpaired) electrons. The lowest BCUT2D eigenvalue weighted by Crippen LogP contribution is -2.16. The SMILES string of the molecule is CNC[C@@H](O)c1cccc(Oc2ccc(C(=O)Nc3c(COC)cc(OC)cc3OC)o2)c1. The number of hydrogen-bond donors (Lipinski definition) is 3. The molecule has 3 aromatic rings. The summed E-state index contributed by atoms with van der Waals surface area (Å²) in [6, 6.07) is 13.5. The van der Waals surface area contributed by atoms with Crippen LogP contribution in [0.15, 0.2) is 52.9 Å². The van der Waals surface area contributed by atoms with Crippen LogP contribution < -0.4 is 24.8 Å². The lowest BCUT2D eigenvalue weighted by atomic mass is 10.1. The minimum atomic E-state index is -0.669. The van der Waals surface area contributed by atoms with Gasteiger partial charge in [-0.2, -0.15) is 0 Å². The number of rotatable bonds is 11. The number of aliphatic hydroxyl groups is 1. The molecule has 3 N–H and O–H groups in total. The van der Waals surface area contributed by atoms with Crippen LogP contribution in [0.3, 0.4) is 0 Å². The molecule has 3 rings (SSSR count). The summed E-state index contributed by atoms with van der Waals surface area (Å²) < 4.78 is 27.2. The molecular weight excluding hydrogens is 428 g/mol. The molecule has 1 aromatic heterocycles. The molecule has 1 heterocycles. The third kappa shape index (κ3) is 6.04. The summed E-state index contributed by atoms with van der Waals surface area (Å²) in [6.07, 6.45) is -0.669. The molecule has 1 atom stereocenters. The van der Waals surface area contributed by atoms with Crippen LogP contribution in [-0.4, -0.2) is 45.9 Å². The number of nitrogens with one attached hydrogen (secondary N) is 2. The zero-order valence-electron chi connectivity index (χ0n) is 19.0. The quantitative estimate of drug-likeness (QED) is 0.400. The molecule has 0 fully saturated rings. The molecule has 0 aliphatic rings. The van der Waals surface area contributed by atoms with Crippen molar-refractivity contribution < 1.29 is 33.3 Å². The van der Waals surface area contributed by atoms with Crippen molar-refractivity contribution in [3.05, 3.63) is 65.4 Å². The van der Waals surface area contributed by atoms with E-state index in [1.165, 1.54) is 13.2 Å². The molecule has 0 unspecified atom stereocenters. The van der Waals surface area contributed by atoms with E-state index in [4.69, 9.17) is 23.4 Å². The van der Waals surface area contributed by atoms with Crippen LogP contribution in [0.1, 0.15) is 27.8 Å². The average molecular weight is 456 g/mol. The summed E-state index contributed by atoms with van der Waals surface area (Å²) >= 11 is 0. The number of anilines is 1. The van der Waals surface area contributed by atoms with Gasteiger partial charge in [0.2, 0.25) is 0 Å². The first-order valence-electron chi connectivity index (χ1n) is 10.2. The first kappa shape index (κ1) is 24.1. The van der Waals surface area contributed by atoms with Crippen LogP contribution in [0, 0.1) is 0 Å². The highest BCUT2D eigenvalue weighted by Gasteiger charge is 2.19. The maximum atomic E-state index is 12.8. The van der Waals surface area contributed by atoms with Gasteiger partial charge in [-0.3, -0.25) is 4.79 Å². The van der Waals surface area contributed by atoms with Crippen molar-refractivity contribution in [3.63, 3.8) is 0 Å². The summed E-state index contributed by atoms with van der Waals surface area (Å²) in [5.74, 6) is 1.19. The molecule has 1 amide bonds. The summed E-state index contributed by atoms with van der Waals surface area (Å²) in [5, 5.41) is 15.9. The Morgan fingerprint density at radius 1 is 1.06 bits per heavy atom. The van der Waals surface area contributed by atoms with E-state index in [0.29, 0.717) is 40.6 Å². The lowest BCUT2D eigenvalue weighted by molar-refractivity contribution is 0.0991. The lowest BCUT2D eigenvalue weighted by Gasteiger charge is -2.16. The Morgan fingerprint density at radius 2 is 1.88 bits per heavy atom. The van der Waals surface area contributed by atoms with Crippen molar-refractivity contribution >= 4 is 11.6 Å². The van der Waals surface area contributed by atoms with Gasteiger partial charge in [-0.1, -0.05) is 12.1 Å². The molecule has 0 aliphatic heterocycles. The summed E-state index contributed by atoms with van der Waals surface area (Å²) in [5.41, 5.74) is 1.83. The number of methoxy groups -OCH3 is 3. The number of benzene rings is 2. The zero-order chi connectivity index (χ0) is 23.8. The van der Waals surface area contributed by atoms with Crippen LogP contribution in [0.2, 0.25) is 0 Å². The van der Waals surface area contributed by atoms with E-state index in [2.05, 4.69) is 10.6 Å². The van der Waals surface area contributed by atoms with Crippen LogP contribution >= 0.6 is 0 Å². The molecule has 176 valence electrons. The van der Waals surface area contributed by atoms with Crippen LogP contribution in [-0.2, 0) is 11.3 Å². The molecule has 33 heavy (non-hydrogen) atoms. The van der Waals surface area contributed by atoms with Crippen LogP contribution in [0.25, 0.3) is 0 Å². The first-order chi connectivity index (χ1) is 16.0. The number of aliphatic hydroxyl groups excluding tert-OH is 1. The monoisotopic (exact) mass is 456 g/mol. The second kappa shape index (κ2) is 11.4. The van der Waals surface area contributed by atoms with Crippen molar-refractivity contribution in [2.75, 3.05) is 40.2 Å².